The molecule has 8 heteroatoms. The molecule has 2 aliphatic rings. The summed E-state index contributed by atoms with van der Waals surface area (Å²) in [5.41, 5.74) is 3.20. The van der Waals surface area contributed by atoms with Gasteiger partial charge in [0, 0.05) is 25.5 Å². The van der Waals surface area contributed by atoms with Gasteiger partial charge in [0.05, 0.1) is 32.5 Å². The lowest BCUT2D eigenvalue weighted by atomic mass is 10.0. The number of pyridine rings is 1. The van der Waals surface area contributed by atoms with Crippen LogP contribution in [0.15, 0.2) is 54.6 Å². The van der Waals surface area contributed by atoms with Gasteiger partial charge in [0.2, 0.25) is 11.5 Å². The van der Waals surface area contributed by atoms with Gasteiger partial charge in [-0.2, -0.15) is 0 Å². The lowest BCUT2D eigenvalue weighted by Gasteiger charge is -2.29. The van der Waals surface area contributed by atoms with Crippen molar-refractivity contribution in [2.45, 2.75) is 13.1 Å². The topological polar surface area (TPSA) is 79.4 Å². The van der Waals surface area contributed by atoms with Crippen LogP contribution in [0.3, 0.4) is 0 Å². The summed E-state index contributed by atoms with van der Waals surface area (Å²) >= 11 is 0. The minimum Gasteiger partial charge on any atom is -0.493 e. The van der Waals surface area contributed by atoms with Crippen molar-refractivity contribution in [1.29, 1.82) is 0 Å². The third-order valence-electron chi connectivity index (χ3n) is 5.82. The van der Waals surface area contributed by atoms with Crippen molar-refractivity contribution in [3.8, 4) is 28.7 Å². The monoisotopic (exact) mass is 460 g/mol. The zero-order valence-corrected chi connectivity index (χ0v) is 19.2. The third-order valence-corrected chi connectivity index (χ3v) is 5.82. The molecule has 0 bridgehead atoms. The molecule has 0 aliphatic carbocycles. The smallest absolute Gasteiger partial charge is 0.231 e. The molecule has 0 saturated heterocycles. The molecule has 0 spiro atoms. The number of hydrogen-bond acceptors (Lipinski definition) is 8. The fourth-order valence-corrected chi connectivity index (χ4v) is 4.19. The normalized spacial score (nSPS) is 15.9. The van der Waals surface area contributed by atoms with Crippen LogP contribution < -0.4 is 23.7 Å². The first-order chi connectivity index (χ1) is 16.6. The molecular formula is C26H24N2O6. The van der Waals surface area contributed by atoms with E-state index in [0.717, 1.165) is 16.9 Å². The van der Waals surface area contributed by atoms with Gasteiger partial charge >= 0.3 is 0 Å². The Morgan fingerprint density at radius 1 is 1.03 bits per heavy atom. The summed E-state index contributed by atoms with van der Waals surface area (Å²) in [6.45, 7) is 1.76. The number of aromatic nitrogens is 1. The van der Waals surface area contributed by atoms with Crippen molar-refractivity contribution in [2.75, 3.05) is 28.1 Å². The average Bonchev–Trinajstić information content (AvgIpc) is 3.19. The van der Waals surface area contributed by atoms with E-state index in [1.807, 2.05) is 18.2 Å². The van der Waals surface area contributed by atoms with Gasteiger partial charge in [-0.3, -0.25) is 14.7 Å². The van der Waals surface area contributed by atoms with E-state index in [4.69, 9.17) is 23.7 Å². The van der Waals surface area contributed by atoms with Gasteiger partial charge < -0.3 is 23.7 Å². The number of carbonyl (C=O) groups excluding carboxylic acids is 1. The van der Waals surface area contributed by atoms with Gasteiger partial charge in [-0.1, -0.05) is 0 Å². The molecule has 0 radical (unpaired) electrons. The molecule has 5 rings (SSSR count). The maximum absolute atomic E-state index is 13.1. The number of hydrogen-bond donors (Lipinski definition) is 0. The minimum absolute atomic E-state index is 0.183. The van der Waals surface area contributed by atoms with E-state index in [1.54, 1.807) is 58.0 Å². The fourth-order valence-electron chi connectivity index (χ4n) is 4.19. The zero-order valence-electron chi connectivity index (χ0n) is 19.2. The van der Waals surface area contributed by atoms with E-state index < -0.39 is 0 Å². The molecule has 3 aromatic rings. The van der Waals surface area contributed by atoms with Crippen molar-refractivity contribution in [3.05, 3.63) is 76.8 Å². The van der Waals surface area contributed by atoms with Crippen molar-refractivity contribution < 1.29 is 28.5 Å². The van der Waals surface area contributed by atoms with Gasteiger partial charge in [0.25, 0.3) is 0 Å². The van der Waals surface area contributed by atoms with Crippen molar-refractivity contribution in [3.63, 3.8) is 0 Å². The standard InChI is InChI=1S/C26H24N2O6/c1-30-22-11-17(12-23(31-2)26(22)32-3)10-21-24(29)18-4-5-20-19(25(18)34-21)14-28(15-33-20)13-16-6-8-27-9-7-16/h4-12H,13-15H2,1-3H3. The van der Waals surface area contributed by atoms with Gasteiger partial charge in [0.15, 0.2) is 17.3 Å². The number of methoxy groups -OCH3 is 3. The predicted molar refractivity (Wildman–Crippen MR) is 124 cm³/mol. The van der Waals surface area contributed by atoms with E-state index in [0.29, 0.717) is 53.9 Å². The number of ether oxygens (including phenoxy) is 5. The SMILES string of the molecule is COc1cc(C=C2Oc3c(ccc4c3CN(Cc3ccncc3)CO4)C2=O)cc(OC)c1OC. The second-order valence-corrected chi connectivity index (χ2v) is 7.93. The fraction of sp³-hybridized carbons (Fsp3) is 0.231. The van der Waals surface area contributed by atoms with Gasteiger partial charge in [-0.25, -0.2) is 0 Å². The largest absolute Gasteiger partial charge is 0.493 e. The van der Waals surface area contributed by atoms with Crippen molar-refractivity contribution in [1.82, 2.24) is 9.88 Å². The van der Waals surface area contributed by atoms with Crippen LogP contribution in [0.25, 0.3) is 6.08 Å². The summed E-state index contributed by atoms with van der Waals surface area (Å²) in [5, 5.41) is 0. The molecule has 0 saturated carbocycles. The maximum Gasteiger partial charge on any atom is 0.231 e. The summed E-state index contributed by atoms with van der Waals surface area (Å²) in [6.07, 6.45) is 5.22. The zero-order chi connectivity index (χ0) is 23.7. The van der Waals surface area contributed by atoms with Gasteiger partial charge in [0.1, 0.15) is 18.2 Å². The van der Waals surface area contributed by atoms with Crippen LogP contribution in [0.5, 0.6) is 28.7 Å². The molecule has 34 heavy (non-hydrogen) atoms. The summed E-state index contributed by atoms with van der Waals surface area (Å²) in [7, 11) is 4.64. The maximum atomic E-state index is 13.1. The molecular weight excluding hydrogens is 436 g/mol. The summed E-state index contributed by atoms with van der Waals surface area (Å²) in [4.78, 5) is 19.4. The van der Waals surface area contributed by atoms with Gasteiger partial charge in [-0.15, -0.1) is 0 Å². The van der Waals surface area contributed by atoms with Crippen LogP contribution in [-0.2, 0) is 13.1 Å². The van der Waals surface area contributed by atoms with E-state index >= 15 is 0 Å². The quantitative estimate of drug-likeness (QED) is 0.510. The molecule has 3 heterocycles. The van der Waals surface area contributed by atoms with Crippen LogP contribution in [-0.4, -0.2) is 43.7 Å². The highest BCUT2D eigenvalue weighted by Crippen LogP contribution is 2.43. The van der Waals surface area contributed by atoms with E-state index in [1.165, 1.54) is 0 Å². The van der Waals surface area contributed by atoms with E-state index in [-0.39, 0.29) is 11.5 Å². The van der Waals surface area contributed by atoms with Crippen LogP contribution in [0.1, 0.15) is 27.0 Å². The number of ketones is 1. The molecule has 0 N–H and O–H groups in total. The Kier molecular flexibility index (Phi) is 5.81. The number of fused-ring (bicyclic) bond motifs is 3. The minimum atomic E-state index is -0.183. The number of rotatable bonds is 6. The Hall–Kier alpha value is -4.04. The molecule has 0 amide bonds. The number of allylic oxidation sites excluding steroid dienone is 1. The summed E-state index contributed by atoms with van der Waals surface area (Å²) in [6, 6.07) is 11.1. The Labute approximate surface area is 197 Å². The Balaban J connectivity index is 1.45. The molecule has 0 fully saturated rings. The number of Topliss-reactive ketones (excluding diaryl/α,β-unsaturated/α-hetero) is 1. The molecule has 2 aliphatic heterocycles. The number of nitrogens with zero attached hydrogens (tertiary/aromatic N) is 2. The summed E-state index contributed by atoms with van der Waals surface area (Å²) in [5.74, 6) is 2.78. The first kappa shape index (κ1) is 21.8. The molecule has 8 nitrogen and oxygen atoms in total. The molecule has 0 atom stereocenters. The van der Waals surface area contributed by atoms with Crippen molar-refractivity contribution in [2.24, 2.45) is 0 Å². The Morgan fingerprint density at radius 3 is 2.44 bits per heavy atom. The van der Waals surface area contributed by atoms with Crippen molar-refractivity contribution >= 4 is 11.9 Å². The second kappa shape index (κ2) is 9.07. The molecule has 0 unspecified atom stereocenters. The second-order valence-electron chi connectivity index (χ2n) is 7.93. The first-order valence-corrected chi connectivity index (χ1v) is 10.8. The molecule has 2 aromatic carbocycles. The van der Waals surface area contributed by atoms with Crippen LogP contribution in [0.2, 0.25) is 0 Å². The Morgan fingerprint density at radius 2 is 1.76 bits per heavy atom. The molecule has 174 valence electrons. The highest BCUT2D eigenvalue weighted by atomic mass is 16.5. The third kappa shape index (κ3) is 3.92. The van der Waals surface area contributed by atoms with E-state index in [2.05, 4.69) is 9.88 Å². The highest BCUT2D eigenvalue weighted by Gasteiger charge is 2.33. The predicted octanol–water partition coefficient (Wildman–Crippen LogP) is 4.08. The average molecular weight is 460 g/mol. The number of benzene rings is 2. The lowest BCUT2D eigenvalue weighted by Crippen LogP contribution is -2.31. The van der Waals surface area contributed by atoms with E-state index in [9.17, 15) is 4.79 Å². The Bertz CT molecular complexity index is 1250. The lowest BCUT2D eigenvalue weighted by molar-refractivity contribution is 0.0872. The van der Waals surface area contributed by atoms with Crippen LogP contribution in [0.4, 0.5) is 0 Å². The number of carbonyl (C=O) groups is 1. The van der Waals surface area contributed by atoms with Crippen LogP contribution in [0, 0.1) is 0 Å². The molecule has 1 aromatic heterocycles. The summed E-state index contributed by atoms with van der Waals surface area (Å²) < 4.78 is 28.3. The van der Waals surface area contributed by atoms with Crippen LogP contribution >= 0.6 is 0 Å². The first-order valence-electron chi connectivity index (χ1n) is 10.8. The highest BCUT2D eigenvalue weighted by molar-refractivity contribution is 6.15. The van der Waals surface area contributed by atoms with Gasteiger partial charge in [-0.05, 0) is 53.6 Å².